The molecule has 0 unspecified atom stereocenters. The highest BCUT2D eigenvalue weighted by Crippen LogP contribution is 2.23. The number of carbonyl (C=O) groups is 1. The van der Waals surface area contributed by atoms with Gasteiger partial charge >= 0.3 is 0 Å². The maximum absolute atomic E-state index is 12.1. The Bertz CT molecular complexity index is 1220. The lowest BCUT2D eigenvalue weighted by molar-refractivity contribution is -0.120. The molecule has 9 heteroatoms. The van der Waals surface area contributed by atoms with Gasteiger partial charge in [-0.3, -0.25) is 9.89 Å². The predicted molar refractivity (Wildman–Crippen MR) is 119 cm³/mol. The Morgan fingerprint density at radius 2 is 1.94 bits per heavy atom. The molecule has 31 heavy (non-hydrogen) atoms. The maximum Gasteiger partial charge on any atom is 0.286 e. The Balaban J connectivity index is 1.43. The molecule has 9 nitrogen and oxygen atoms in total. The SMILES string of the molecule is C/C=C(/Oc1ccc(-c2nnc(Nc3ccc4[nH]ncc4c3)[nH]2)cc1)C(=O)NC(C)C. The fourth-order valence-electron chi connectivity index (χ4n) is 2.98. The molecule has 0 spiro atoms. The minimum atomic E-state index is -0.249. The highest BCUT2D eigenvalue weighted by atomic mass is 16.5. The second kappa shape index (κ2) is 8.70. The minimum Gasteiger partial charge on any atom is -0.452 e. The highest BCUT2D eigenvalue weighted by Gasteiger charge is 2.13. The van der Waals surface area contributed by atoms with Crippen LogP contribution in [-0.2, 0) is 4.79 Å². The number of hydrogen-bond acceptors (Lipinski definition) is 6. The van der Waals surface area contributed by atoms with Crippen molar-refractivity contribution < 1.29 is 9.53 Å². The number of ether oxygens (including phenoxy) is 1. The Morgan fingerprint density at radius 3 is 2.68 bits per heavy atom. The molecule has 4 rings (SSSR count). The third-order valence-electron chi connectivity index (χ3n) is 4.45. The highest BCUT2D eigenvalue weighted by molar-refractivity contribution is 5.92. The first-order valence-electron chi connectivity index (χ1n) is 9.90. The summed E-state index contributed by atoms with van der Waals surface area (Å²) < 4.78 is 5.71. The molecule has 0 aliphatic rings. The lowest BCUT2D eigenvalue weighted by Crippen LogP contribution is -2.32. The molecule has 0 saturated heterocycles. The van der Waals surface area contributed by atoms with Gasteiger partial charge in [-0.15, -0.1) is 10.2 Å². The van der Waals surface area contributed by atoms with Crippen LogP contribution in [-0.4, -0.2) is 37.3 Å². The first kappa shape index (κ1) is 20.1. The van der Waals surface area contributed by atoms with Gasteiger partial charge in [-0.05, 0) is 69.3 Å². The van der Waals surface area contributed by atoms with Crippen molar-refractivity contribution in [2.24, 2.45) is 0 Å². The summed E-state index contributed by atoms with van der Waals surface area (Å²) in [6.45, 7) is 5.56. The van der Waals surface area contributed by atoms with Gasteiger partial charge in [0.2, 0.25) is 5.95 Å². The molecular weight excluding hydrogens is 394 g/mol. The molecule has 158 valence electrons. The van der Waals surface area contributed by atoms with Crippen LogP contribution in [0.5, 0.6) is 5.75 Å². The summed E-state index contributed by atoms with van der Waals surface area (Å²) in [5.74, 6) is 1.70. The third-order valence-corrected chi connectivity index (χ3v) is 4.45. The monoisotopic (exact) mass is 417 g/mol. The van der Waals surface area contributed by atoms with E-state index in [4.69, 9.17) is 4.74 Å². The van der Waals surface area contributed by atoms with Crippen LogP contribution in [0.1, 0.15) is 20.8 Å². The molecule has 4 aromatic rings. The van der Waals surface area contributed by atoms with E-state index in [0.717, 1.165) is 22.2 Å². The smallest absolute Gasteiger partial charge is 0.286 e. The second-order valence-corrected chi connectivity index (χ2v) is 7.23. The quantitative estimate of drug-likeness (QED) is 0.267. The Labute approximate surface area is 178 Å². The summed E-state index contributed by atoms with van der Waals surface area (Å²) in [4.78, 5) is 15.3. The van der Waals surface area contributed by atoms with E-state index in [1.165, 1.54) is 0 Å². The van der Waals surface area contributed by atoms with Crippen molar-refractivity contribution in [3.05, 3.63) is 60.5 Å². The zero-order valence-electron chi connectivity index (χ0n) is 17.4. The fraction of sp³-hybridized carbons (Fsp3) is 0.182. The van der Waals surface area contributed by atoms with Crippen LogP contribution >= 0.6 is 0 Å². The van der Waals surface area contributed by atoms with Gasteiger partial charge in [-0.1, -0.05) is 0 Å². The zero-order chi connectivity index (χ0) is 21.8. The number of hydrogen-bond donors (Lipinski definition) is 4. The number of nitrogens with one attached hydrogen (secondary N) is 4. The van der Waals surface area contributed by atoms with Crippen molar-refractivity contribution >= 4 is 28.4 Å². The molecule has 0 saturated carbocycles. The lowest BCUT2D eigenvalue weighted by Gasteiger charge is -2.12. The fourth-order valence-corrected chi connectivity index (χ4v) is 2.98. The number of aromatic amines is 2. The van der Waals surface area contributed by atoms with Gasteiger partial charge in [0.1, 0.15) is 5.75 Å². The molecule has 0 aliphatic heterocycles. The van der Waals surface area contributed by atoms with Gasteiger partial charge in [0.05, 0.1) is 11.7 Å². The van der Waals surface area contributed by atoms with E-state index in [1.54, 1.807) is 31.3 Å². The van der Waals surface area contributed by atoms with Gasteiger partial charge < -0.3 is 20.4 Å². The summed E-state index contributed by atoms with van der Waals surface area (Å²) in [5.41, 5.74) is 2.68. The lowest BCUT2D eigenvalue weighted by atomic mass is 10.2. The van der Waals surface area contributed by atoms with Crippen molar-refractivity contribution in [1.29, 1.82) is 0 Å². The van der Waals surface area contributed by atoms with Crippen molar-refractivity contribution in [2.45, 2.75) is 26.8 Å². The van der Waals surface area contributed by atoms with Crippen molar-refractivity contribution in [2.75, 3.05) is 5.32 Å². The van der Waals surface area contributed by atoms with Gasteiger partial charge in [0.15, 0.2) is 11.6 Å². The number of H-pyrrole nitrogens is 2. The number of amides is 1. The number of allylic oxidation sites excluding steroid dienone is 1. The van der Waals surface area contributed by atoms with Crippen LogP contribution in [0.2, 0.25) is 0 Å². The topological polar surface area (TPSA) is 121 Å². The predicted octanol–water partition coefficient (Wildman–Crippen LogP) is 3.90. The molecule has 0 bridgehead atoms. The van der Waals surface area contributed by atoms with Crippen LogP contribution in [0.4, 0.5) is 11.6 Å². The van der Waals surface area contributed by atoms with Crippen molar-refractivity contribution in [3.63, 3.8) is 0 Å². The standard InChI is InChI=1S/C22H23N7O2/c1-4-19(21(30)24-13(2)3)31-17-8-5-14(6-9-17)20-26-22(29-28-20)25-16-7-10-18-15(11-16)12-23-27-18/h4-13H,1-3H3,(H,23,27)(H,24,30)(H2,25,26,28,29)/b19-4+. The van der Waals surface area contributed by atoms with Crippen molar-refractivity contribution in [3.8, 4) is 17.1 Å². The number of anilines is 2. The van der Waals surface area contributed by atoms with Crippen LogP contribution < -0.4 is 15.4 Å². The van der Waals surface area contributed by atoms with E-state index in [2.05, 4.69) is 36.0 Å². The number of nitrogens with zero attached hydrogens (tertiary/aromatic N) is 3. The minimum absolute atomic E-state index is 0.0317. The number of carbonyl (C=O) groups excluding carboxylic acids is 1. The third kappa shape index (κ3) is 4.72. The first-order valence-corrected chi connectivity index (χ1v) is 9.90. The normalized spacial score (nSPS) is 11.7. The Kier molecular flexibility index (Phi) is 5.65. The Morgan fingerprint density at radius 1 is 1.13 bits per heavy atom. The van der Waals surface area contributed by atoms with Gasteiger partial charge in [-0.25, -0.2) is 0 Å². The molecular formula is C22H23N7O2. The van der Waals surface area contributed by atoms with E-state index in [1.807, 2.05) is 44.2 Å². The maximum atomic E-state index is 12.1. The van der Waals surface area contributed by atoms with E-state index >= 15 is 0 Å². The molecule has 0 fully saturated rings. The van der Waals surface area contributed by atoms with Crippen LogP contribution in [0.3, 0.4) is 0 Å². The number of rotatable bonds is 7. The van der Waals surface area contributed by atoms with Crippen LogP contribution in [0.25, 0.3) is 22.3 Å². The van der Waals surface area contributed by atoms with Crippen molar-refractivity contribution in [1.82, 2.24) is 30.7 Å². The van der Waals surface area contributed by atoms with E-state index < -0.39 is 0 Å². The Hall–Kier alpha value is -4.14. The molecule has 0 atom stereocenters. The summed E-state index contributed by atoms with van der Waals surface area (Å²) in [5, 5.41) is 22.3. The summed E-state index contributed by atoms with van der Waals surface area (Å²) in [7, 11) is 0. The van der Waals surface area contributed by atoms with E-state index in [9.17, 15) is 4.79 Å². The largest absolute Gasteiger partial charge is 0.452 e. The van der Waals surface area contributed by atoms with E-state index in [-0.39, 0.29) is 17.7 Å². The average Bonchev–Trinajstić information content (AvgIpc) is 3.41. The molecule has 0 aliphatic carbocycles. The van der Waals surface area contributed by atoms with Gasteiger partial charge in [0, 0.05) is 22.7 Å². The number of benzene rings is 2. The first-order chi connectivity index (χ1) is 15.0. The summed E-state index contributed by atoms with van der Waals surface area (Å²) in [6, 6.07) is 13.2. The molecule has 2 heterocycles. The zero-order valence-corrected chi connectivity index (χ0v) is 17.4. The molecule has 2 aromatic heterocycles. The van der Waals surface area contributed by atoms with Crippen LogP contribution in [0.15, 0.2) is 60.5 Å². The van der Waals surface area contributed by atoms with Crippen LogP contribution in [0, 0.1) is 0 Å². The molecule has 0 radical (unpaired) electrons. The number of aromatic nitrogens is 5. The van der Waals surface area contributed by atoms with Gasteiger partial charge in [0.25, 0.3) is 5.91 Å². The molecule has 2 aromatic carbocycles. The summed E-state index contributed by atoms with van der Waals surface area (Å²) >= 11 is 0. The van der Waals surface area contributed by atoms with Gasteiger partial charge in [-0.2, -0.15) is 5.10 Å². The molecule has 1 amide bonds. The second-order valence-electron chi connectivity index (χ2n) is 7.23. The summed E-state index contributed by atoms with van der Waals surface area (Å²) in [6.07, 6.45) is 3.41. The molecule has 4 N–H and O–H groups in total. The van der Waals surface area contributed by atoms with E-state index in [0.29, 0.717) is 17.5 Å². The number of fused-ring (bicyclic) bond motifs is 1. The average molecular weight is 417 g/mol.